The zero-order valence-electron chi connectivity index (χ0n) is 7.61. The van der Waals surface area contributed by atoms with Crippen LogP contribution in [-0.4, -0.2) is 11.7 Å². The number of allylic oxidation sites excluding steroid dienone is 1. The highest BCUT2D eigenvalue weighted by Crippen LogP contribution is 2.13. The maximum atomic E-state index is 11.0. The molecule has 0 unspecified atom stereocenters. The highest BCUT2D eigenvalue weighted by molar-refractivity contribution is 6.01. The van der Waals surface area contributed by atoms with Gasteiger partial charge in [-0.1, -0.05) is 18.2 Å². The van der Waals surface area contributed by atoms with Gasteiger partial charge < -0.3 is 5.41 Å². The van der Waals surface area contributed by atoms with Crippen molar-refractivity contribution in [1.82, 2.24) is 0 Å². The fourth-order valence-corrected chi connectivity index (χ4v) is 1.05. The summed E-state index contributed by atoms with van der Waals surface area (Å²) < 4.78 is 0. The van der Waals surface area contributed by atoms with Gasteiger partial charge in [-0.2, -0.15) is 5.26 Å². The molecular weight excluding hydrogens is 176 g/mol. The van der Waals surface area contributed by atoms with Crippen molar-refractivity contribution in [1.29, 1.82) is 5.26 Å². The van der Waals surface area contributed by atoms with Crippen molar-refractivity contribution in [2.45, 2.75) is 6.92 Å². The molecule has 0 aliphatic rings. The van der Waals surface area contributed by atoms with Crippen LogP contribution in [0.1, 0.15) is 22.8 Å². The topological polar surface area (TPSA) is 63.2 Å². The van der Waals surface area contributed by atoms with Crippen molar-refractivity contribution in [2.24, 2.45) is 0 Å². The van der Waals surface area contributed by atoms with Gasteiger partial charge in [0.15, 0.2) is 5.78 Å². The normalized spacial score (nSPS) is 8.57. The van der Waals surface area contributed by atoms with Crippen molar-refractivity contribution in [2.75, 3.05) is 0 Å². The first-order chi connectivity index (χ1) is 6.69. The minimum atomic E-state index is -0.0814. The number of hydrogen-bond donors (Lipinski definition) is 0. The smallest absolute Gasteiger partial charge is 0.159 e. The molecule has 0 atom stereocenters. The first-order valence-electron chi connectivity index (χ1n) is 3.97. The van der Waals surface area contributed by atoms with E-state index in [1.54, 1.807) is 36.2 Å². The zero-order valence-corrected chi connectivity index (χ0v) is 7.61. The minimum Gasteiger partial charge on any atom is -0.762 e. The summed E-state index contributed by atoms with van der Waals surface area (Å²) in [4.78, 5) is 11.0. The molecule has 1 aromatic rings. The van der Waals surface area contributed by atoms with Crippen LogP contribution < -0.4 is 0 Å². The number of nitrogens with zero attached hydrogens (tertiary/aromatic N) is 2. The standard InChI is InChI=1S/C11H7N2O/c1-8(14)9-3-2-4-10(5-9)11(6-12)7-13/h2-5H,1H3/q-1. The molecule has 68 valence electrons. The predicted octanol–water partition coefficient (Wildman–Crippen LogP) is 2.04. The summed E-state index contributed by atoms with van der Waals surface area (Å²) in [5.74, 6) is 1.70. The fraction of sp³-hybridized carbons (Fsp3) is 0.0909. The number of nitriles is 1. The van der Waals surface area contributed by atoms with Crippen LogP contribution in [-0.2, 0) is 0 Å². The Morgan fingerprint density at radius 1 is 1.43 bits per heavy atom. The number of ketones is 1. The van der Waals surface area contributed by atoms with Crippen molar-refractivity contribution in [3.63, 3.8) is 0 Å². The van der Waals surface area contributed by atoms with E-state index in [0.29, 0.717) is 11.1 Å². The third-order valence-electron chi connectivity index (χ3n) is 1.78. The number of hydrogen-bond acceptors (Lipinski definition) is 2. The summed E-state index contributed by atoms with van der Waals surface area (Å²) in [6.07, 6.45) is 0. The lowest BCUT2D eigenvalue weighted by molar-refractivity contribution is 0.101. The van der Waals surface area contributed by atoms with Crippen molar-refractivity contribution >= 4 is 17.2 Å². The van der Waals surface area contributed by atoms with E-state index in [-0.39, 0.29) is 11.4 Å². The molecule has 0 fully saturated rings. The van der Waals surface area contributed by atoms with Gasteiger partial charge >= 0.3 is 0 Å². The molecule has 0 bridgehead atoms. The van der Waals surface area contributed by atoms with E-state index in [1.165, 1.54) is 6.92 Å². The van der Waals surface area contributed by atoms with Crippen LogP contribution in [0.25, 0.3) is 11.0 Å². The monoisotopic (exact) mass is 183 g/mol. The van der Waals surface area contributed by atoms with E-state index in [1.807, 2.05) is 0 Å². The van der Waals surface area contributed by atoms with E-state index in [4.69, 9.17) is 10.7 Å². The highest BCUT2D eigenvalue weighted by atomic mass is 16.1. The first kappa shape index (κ1) is 9.91. The van der Waals surface area contributed by atoms with Gasteiger partial charge in [0.25, 0.3) is 0 Å². The van der Waals surface area contributed by atoms with E-state index < -0.39 is 0 Å². The molecular formula is C11H7N2O-. The van der Waals surface area contributed by atoms with Crippen LogP contribution in [0.3, 0.4) is 0 Å². The molecule has 0 heterocycles. The molecule has 3 nitrogen and oxygen atoms in total. The first-order valence-corrected chi connectivity index (χ1v) is 3.97. The van der Waals surface area contributed by atoms with Gasteiger partial charge in [0, 0.05) is 5.56 Å². The van der Waals surface area contributed by atoms with E-state index in [9.17, 15) is 4.79 Å². The average Bonchev–Trinajstić information content (AvgIpc) is 2.20. The van der Waals surface area contributed by atoms with Crippen LogP contribution in [0.15, 0.2) is 24.3 Å². The number of Topliss-reactive ketones (excluding diaryl/α,β-unsaturated/α-hetero) is 1. The molecule has 14 heavy (non-hydrogen) atoms. The lowest BCUT2D eigenvalue weighted by Gasteiger charge is -2.00. The highest BCUT2D eigenvalue weighted by Gasteiger charge is 2.02. The van der Waals surface area contributed by atoms with Gasteiger partial charge in [-0.25, -0.2) is 5.87 Å². The quantitative estimate of drug-likeness (QED) is 0.400. The second-order valence-corrected chi connectivity index (χ2v) is 2.74. The van der Waals surface area contributed by atoms with Gasteiger partial charge in [0.05, 0.1) is 5.57 Å². The summed E-state index contributed by atoms with van der Waals surface area (Å²) in [6.45, 7) is 1.44. The molecule has 0 saturated heterocycles. The molecule has 0 N–H and O–H groups in total. The third-order valence-corrected chi connectivity index (χ3v) is 1.78. The largest absolute Gasteiger partial charge is 0.762 e. The van der Waals surface area contributed by atoms with Gasteiger partial charge in [-0.3, -0.25) is 4.79 Å². The molecule has 0 aliphatic carbocycles. The number of rotatable bonds is 2. The van der Waals surface area contributed by atoms with E-state index >= 15 is 0 Å². The maximum absolute atomic E-state index is 11.0. The Morgan fingerprint density at radius 3 is 2.57 bits per heavy atom. The fourth-order valence-electron chi connectivity index (χ4n) is 1.05. The predicted molar refractivity (Wildman–Crippen MR) is 53.8 cm³/mol. The van der Waals surface area contributed by atoms with Crippen molar-refractivity contribution in [3.05, 3.63) is 40.8 Å². The van der Waals surface area contributed by atoms with Crippen LogP contribution in [0.5, 0.6) is 0 Å². The zero-order chi connectivity index (χ0) is 10.6. The van der Waals surface area contributed by atoms with E-state index in [0.717, 1.165) is 0 Å². The minimum absolute atomic E-state index is 0.0214. The summed E-state index contributed by atoms with van der Waals surface area (Å²) >= 11 is 0. The van der Waals surface area contributed by atoms with Crippen LogP contribution >= 0.6 is 0 Å². The molecule has 1 aromatic carbocycles. The second kappa shape index (κ2) is 4.18. The SMILES string of the molecule is CC(=O)c1cccc(C(=C=[N-])C#N)c1. The Morgan fingerprint density at radius 2 is 2.07 bits per heavy atom. The molecule has 1 rings (SSSR count). The van der Waals surface area contributed by atoms with Gasteiger partial charge in [-0.15, -0.1) is 0 Å². The Bertz CT molecular complexity index is 462. The Labute approximate surface area is 81.8 Å². The Kier molecular flexibility index (Phi) is 2.96. The lowest BCUT2D eigenvalue weighted by atomic mass is 10.0. The van der Waals surface area contributed by atoms with Gasteiger partial charge in [0.2, 0.25) is 0 Å². The molecule has 0 aliphatic heterocycles. The molecule has 0 spiro atoms. The van der Waals surface area contributed by atoms with Crippen molar-refractivity contribution < 1.29 is 4.79 Å². The summed E-state index contributed by atoms with van der Waals surface area (Å²) in [5.41, 5.74) is 1.02. The number of carbonyl (C=O) groups excluding carboxylic acids is 1. The molecule has 0 aromatic heterocycles. The van der Waals surface area contributed by atoms with Gasteiger partial charge in [0.1, 0.15) is 6.07 Å². The van der Waals surface area contributed by atoms with Crippen LogP contribution in [0.4, 0.5) is 0 Å². The van der Waals surface area contributed by atoms with E-state index in [2.05, 4.69) is 0 Å². The number of carbonyl (C=O) groups is 1. The third kappa shape index (κ3) is 1.95. The number of benzene rings is 1. The molecule has 0 saturated carbocycles. The summed E-state index contributed by atoms with van der Waals surface area (Å²) in [6, 6.07) is 8.26. The second-order valence-electron chi connectivity index (χ2n) is 2.74. The molecule has 0 amide bonds. The average molecular weight is 183 g/mol. The molecule has 3 heteroatoms. The molecule has 0 radical (unpaired) electrons. The van der Waals surface area contributed by atoms with Crippen LogP contribution in [0.2, 0.25) is 0 Å². The van der Waals surface area contributed by atoms with Gasteiger partial charge in [-0.05, 0) is 18.6 Å². The lowest BCUT2D eigenvalue weighted by Crippen LogP contribution is -1.93. The Hall–Kier alpha value is -2.17. The van der Waals surface area contributed by atoms with Crippen LogP contribution in [0, 0.1) is 11.3 Å². The Balaban J connectivity index is 3.26. The maximum Gasteiger partial charge on any atom is 0.159 e. The van der Waals surface area contributed by atoms with Crippen molar-refractivity contribution in [3.8, 4) is 6.07 Å². The summed E-state index contributed by atoms with van der Waals surface area (Å²) in [7, 11) is 0. The summed E-state index contributed by atoms with van der Waals surface area (Å²) in [5, 5.41) is 17.2.